The summed E-state index contributed by atoms with van der Waals surface area (Å²) in [5, 5.41) is 8.55. The van der Waals surface area contributed by atoms with Gasteiger partial charge in [-0.1, -0.05) is 6.07 Å². The molecule has 0 spiro atoms. The van der Waals surface area contributed by atoms with Gasteiger partial charge in [-0.2, -0.15) is 5.26 Å². The van der Waals surface area contributed by atoms with Crippen molar-refractivity contribution in [3.8, 4) is 6.07 Å². The molecule has 0 aliphatic heterocycles. The molecule has 0 aromatic carbocycles. The Morgan fingerprint density at radius 3 is 3.07 bits per heavy atom. The van der Waals surface area contributed by atoms with E-state index in [0.29, 0.717) is 0 Å². The number of hydrogen-bond acceptors (Lipinski definition) is 4. The molecule has 1 atom stereocenters. The van der Waals surface area contributed by atoms with Crippen molar-refractivity contribution in [1.82, 2.24) is 4.98 Å². The van der Waals surface area contributed by atoms with Gasteiger partial charge in [-0.15, -0.1) is 0 Å². The normalized spacial score (nSPS) is 11.4. The fourth-order valence-electron chi connectivity index (χ4n) is 1.08. The van der Waals surface area contributed by atoms with Gasteiger partial charge in [-0.05, 0) is 6.07 Å². The van der Waals surface area contributed by atoms with Gasteiger partial charge in [0.15, 0.2) is 0 Å². The molecule has 0 bridgehead atoms. The largest absolute Gasteiger partial charge is 0.457 e. The average Bonchev–Trinajstić information content (AvgIpc) is 2.18. The number of aromatic nitrogens is 1. The zero-order valence-electron chi connectivity index (χ0n) is 7.80. The van der Waals surface area contributed by atoms with Crippen molar-refractivity contribution in [1.29, 1.82) is 5.26 Å². The van der Waals surface area contributed by atoms with Crippen molar-refractivity contribution >= 4 is 5.97 Å². The molecule has 1 aromatic rings. The van der Waals surface area contributed by atoms with Crippen LogP contribution in [0.15, 0.2) is 24.5 Å². The summed E-state index contributed by atoms with van der Waals surface area (Å²) in [7, 11) is 0. The molecule has 0 radical (unpaired) electrons. The first-order chi connectivity index (χ1) is 6.74. The highest BCUT2D eigenvalue weighted by Crippen LogP contribution is 2.19. The summed E-state index contributed by atoms with van der Waals surface area (Å²) in [5.41, 5.74) is 0.740. The molecule has 0 N–H and O–H groups in total. The van der Waals surface area contributed by atoms with Crippen LogP contribution in [0.4, 0.5) is 0 Å². The van der Waals surface area contributed by atoms with E-state index < -0.39 is 12.1 Å². The summed E-state index contributed by atoms with van der Waals surface area (Å²) in [5.74, 6) is -0.394. The molecular weight excluding hydrogens is 180 g/mol. The zero-order chi connectivity index (χ0) is 10.4. The Balaban J connectivity index is 2.78. The minimum absolute atomic E-state index is 0.144. The van der Waals surface area contributed by atoms with Gasteiger partial charge in [0.25, 0.3) is 0 Å². The Kier molecular flexibility index (Phi) is 3.62. The number of carbonyl (C=O) groups excluding carboxylic acids is 1. The predicted octanol–water partition coefficient (Wildman–Crippen LogP) is 1.60. The molecular formula is C10H10N2O2. The van der Waals surface area contributed by atoms with Crippen molar-refractivity contribution in [2.24, 2.45) is 0 Å². The van der Waals surface area contributed by atoms with Crippen LogP contribution in [0.25, 0.3) is 0 Å². The molecule has 1 aromatic heterocycles. The molecule has 0 fully saturated rings. The van der Waals surface area contributed by atoms with E-state index >= 15 is 0 Å². The Morgan fingerprint density at radius 2 is 2.57 bits per heavy atom. The lowest BCUT2D eigenvalue weighted by Crippen LogP contribution is -2.08. The second-order valence-electron chi connectivity index (χ2n) is 2.75. The summed E-state index contributed by atoms with van der Waals surface area (Å²) in [6.07, 6.45) is 2.85. The third-order valence-electron chi connectivity index (χ3n) is 1.64. The van der Waals surface area contributed by atoms with Crippen LogP contribution in [-0.4, -0.2) is 11.0 Å². The fraction of sp³-hybridized carbons (Fsp3) is 0.300. The third-order valence-corrected chi connectivity index (χ3v) is 1.64. The van der Waals surface area contributed by atoms with Crippen LogP contribution in [0.1, 0.15) is 25.0 Å². The summed E-state index contributed by atoms with van der Waals surface area (Å²) in [4.78, 5) is 14.6. The molecule has 1 rings (SSSR count). The first-order valence-electron chi connectivity index (χ1n) is 4.18. The molecule has 0 aliphatic carbocycles. The zero-order valence-corrected chi connectivity index (χ0v) is 7.80. The number of hydrogen-bond donors (Lipinski definition) is 0. The summed E-state index contributed by atoms with van der Waals surface area (Å²) < 4.78 is 4.98. The van der Waals surface area contributed by atoms with Crippen molar-refractivity contribution in [2.75, 3.05) is 0 Å². The molecule has 0 aliphatic rings. The summed E-state index contributed by atoms with van der Waals surface area (Å²) in [6, 6.07) is 5.48. The first kappa shape index (κ1) is 10.2. The van der Waals surface area contributed by atoms with E-state index in [2.05, 4.69) is 4.98 Å². The number of esters is 1. The Labute approximate surface area is 82.1 Å². The molecule has 14 heavy (non-hydrogen) atoms. The van der Waals surface area contributed by atoms with E-state index in [1.165, 1.54) is 6.92 Å². The lowest BCUT2D eigenvalue weighted by molar-refractivity contribution is -0.146. The van der Waals surface area contributed by atoms with Gasteiger partial charge in [-0.3, -0.25) is 9.78 Å². The molecule has 0 amide bonds. The topological polar surface area (TPSA) is 63.0 Å². The maximum absolute atomic E-state index is 10.8. The maximum Gasteiger partial charge on any atom is 0.303 e. The predicted molar refractivity (Wildman–Crippen MR) is 49.0 cm³/mol. The van der Waals surface area contributed by atoms with Crippen molar-refractivity contribution in [2.45, 2.75) is 19.4 Å². The van der Waals surface area contributed by atoms with Gasteiger partial charge in [0.2, 0.25) is 0 Å². The lowest BCUT2D eigenvalue weighted by Gasteiger charge is -2.13. The minimum Gasteiger partial charge on any atom is -0.457 e. The van der Waals surface area contributed by atoms with E-state index in [1.54, 1.807) is 24.5 Å². The molecule has 4 nitrogen and oxygen atoms in total. The van der Waals surface area contributed by atoms with Gasteiger partial charge in [0.1, 0.15) is 6.10 Å². The molecule has 72 valence electrons. The smallest absolute Gasteiger partial charge is 0.303 e. The Bertz CT molecular complexity index is 343. The highest BCUT2D eigenvalue weighted by molar-refractivity contribution is 5.66. The Morgan fingerprint density at radius 1 is 1.79 bits per heavy atom. The number of nitrogens with zero attached hydrogens (tertiary/aromatic N) is 2. The van der Waals surface area contributed by atoms with Crippen molar-refractivity contribution in [3.63, 3.8) is 0 Å². The quantitative estimate of drug-likeness (QED) is 0.679. The van der Waals surface area contributed by atoms with E-state index in [4.69, 9.17) is 10.00 Å². The van der Waals surface area contributed by atoms with Crippen LogP contribution in [-0.2, 0) is 9.53 Å². The second-order valence-corrected chi connectivity index (χ2v) is 2.75. The number of ether oxygens (including phenoxy) is 1. The maximum atomic E-state index is 10.8. The third kappa shape index (κ3) is 2.87. The van der Waals surface area contributed by atoms with Crippen molar-refractivity contribution < 1.29 is 9.53 Å². The van der Waals surface area contributed by atoms with E-state index in [9.17, 15) is 4.79 Å². The Hall–Kier alpha value is -1.89. The second kappa shape index (κ2) is 4.97. The van der Waals surface area contributed by atoms with Gasteiger partial charge in [0, 0.05) is 24.9 Å². The average molecular weight is 190 g/mol. The van der Waals surface area contributed by atoms with Gasteiger partial charge < -0.3 is 4.74 Å². The minimum atomic E-state index is -0.508. The molecule has 0 saturated heterocycles. The molecule has 1 heterocycles. The van der Waals surface area contributed by atoms with E-state index in [0.717, 1.165) is 5.56 Å². The van der Waals surface area contributed by atoms with Crippen LogP contribution in [0.2, 0.25) is 0 Å². The summed E-state index contributed by atoms with van der Waals surface area (Å²) >= 11 is 0. The summed E-state index contributed by atoms with van der Waals surface area (Å²) in [6.45, 7) is 1.32. The highest BCUT2D eigenvalue weighted by Gasteiger charge is 2.13. The van der Waals surface area contributed by atoms with E-state index in [-0.39, 0.29) is 6.42 Å². The number of rotatable bonds is 3. The van der Waals surface area contributed by atoms with Crippen LogP contribution in [0, 0.1) is 11.3 Å². The standard InChI is InChI=1S/C10H10N2O2/c1-8(13)14-10(4-5-11)9-3-2-6-12-7-9/h2-3,6-7,10H,4H2,1H3/t10-/m0/s1. The highest BCUT2D eigenvalue weighted by atomic mass is 16.5. The van der Waals surface area contributed by atoms with Crippen LogP contribution in [0.3, 0.4) is 0 Å². The number of carbonyl (C=O) groups is 1. The van der Waals surface area contributed by atoms with Crippen LogP contribution < -0.4 is 0 Å². The van der Waals surface area contributed by atoms with Crippen LogP contribution in [0.5, 0.6) is 0 Å². The lowest BCUT2D eigenvalue weighted by atomic mass is 10.1. The van der Waals surface area contributed by atoms with Gasteiger partial charge in [0.05, 0.1) is 12.5 Å². The number of pyridine rings is 1. The molecule has 4 heteroatoms. The molecule has 0 saturated carbocycles. The van der Waals surface area contributed by atoms with E-state index in [1.807, 2.05) is 6.07 Å². The monoisotopic (exact) mass is 190 g/mol. The molecule has 0 unspecified atom stereocenters. The van der Waals surface area contributed by atoms with Crippen molar-refractivity contribution in [3.05, 3.63) is 30.1 Å². The van der Waals surface area contributed by atoms with Gasteiger partial charge >= 0.3 is 5.97 Å². The fourth-order valence-corrected chi connectivity index (χ4v) is 1.08. The van der Waals surface area contributed by atoms with Gasteiger partial charge in [-0.25, -0.2) is 0 Å². The number of nitriles is 1. The SMILES string of the molecule is CC(=O)O[C@@H](CC#N)c1cccnc1. The van der Waals surface area contributed by atoms with Crippen LogP contribution >= 0.6 is 0 Å². The first-order valence-corrected chi connectivity index (χ1v) is 4.18.